The molecule has 1 rings (SSSR count). The van der Waals surface area contributed by atoms with E-state index in [1.807, 2.05) is 17.8 Å². The zero-order valence-corrected chi connectivity index (χ0v) is 10.2. The lowest BCUT2D eigenvalue weighted by Gasteiger charge is -2.02. The van der Waals surface area contributed by atoms with E-state index in [0.29, 0.717) is 6.61 Å². The van der Waals surface area contributed by atoms with Crippen LogP contribution in [0.4, 0.5) is 0 Å². The highest BCUT2D eigenvalue weighted by molar-refractivity contribution is 7.99. The molecule has 4 nitrogen and oxygen atoms in total. The third-order valence-corrected chi connectivity index (χ3v) is 2.81. The molecule has 3 N–H and O–H groups in total. The molecule has 0 saturated heterocycles. The summed E-state index contributed by atoms with van der Waals surface area (Å²) >= 11 is 1.87. The molecule has 0 atom stereocenters. The predicted molar refractivity (Wildman–Crippen MR) is 66.6 cm³/mol. The van der Waals surface area contributed by atoms with Crippen LogP contribution < -0.4 is 5.32 Å². The molecule has 1 aromatic heterocycles. The highest BCUT2D eigenvalue weighted by Crippen LogP contribution is 2.00. The van der Waals surface area contributed by atoms with Gasteiger partial charge >= 0.3 is 0 Å². The summed E-state index contributed by atoms with van der Waals surface area (Å²) in [6.07, 6.45) is 2.65. The second-order valence-corrected chi connectivity index (χ2v) is 4.17. The van der Waals surface area contributed by atoms with Crippen LogP contribution in [-0.4, -0.2) is 40.0 Å². The molecule has 15 heavy (non-hydrogen) atoms. The van der Waals surface area contributed by atoms with Crippen molar-refractivity contribution in [2.75, 3.05) is 24.7 Å². The number of H-pyrrole nitrogens is 1. The van der Waals surface area contributed by atoms with Crippen LogP contribution in [0.2, 0.25) is 0 Å². The maximum atomic E-state index is 8.55. The third kappa shape index (κ3) is 7.67. The SMILES string of the molecule is Cl.OCCCSCCNCc1ccn[nH]1. The Morgan fingerprint density at radius 2 is 2.33 bits per heavy atom. The number of aromatic nitrogens is 2. The van der Waals surface area contributed by atoms with Crippen molar-refractivity contribution in [2.24, 2.45) is 0 Å². The van der Waals surface area contributed by atoms with E-state index >= 15 is 0 Å². The Balaban J connectivity index is 0.00000196. The van der Waals surface area contributed by atoms with Crippen LogP contribution in [0.1, 0.15) is 12.1 Å². The normalized spacial score (nSPS) is 9.93. The molecule has 0 unspecified atom stereocenters. The van der Waals surface area contributed by atoms with Crippen molar-refractivity contribution in [3.63, 3.8) is 0 Å². The molecule has 1 aromatic rings. The molecule has 0 aromatic carbocycles. The Morgan fingerprint density at radius 3 is 3.00 bits per heavy atom. The van der Waals surface area contributed by atoms with Crippen molar-refractivity contribution in [1.82, 2.24) is 15.5 Å². The second kappa shape index (κ2) is 10.3. The average Bonchev–Trinajstić information content (AvgIpc) is 2.69. The van der Waals surface area contributed by atoms with Gasteiger partial charge in [0.1, 0.15) is 0 Å². The van der Waals surface area contributed by atoms with Gasteiger partial charge in [-0.1, -0.05) is 0 Å². The van der Waals surface area contributed by atoms with E-state index in [0.717, 1.165) is 36.7 Å². The van der Waals surface area contributed by atoms with Crippen molar-refractivity contribution in [1.29, 1.82) is 0 Å². The number of nitrogens with zero attached hydrogens (tertiary/aromatic N) is 1. The first-order valence-corrected chi connectivity index (χ1v) is 5.96. The Kier molecular flexibility index (Phi) is 10.1. The van der Waals surface area contributed by atoms with Gasteiger partial charge in [0.05, 0.1) is 0 Å². The van der Waals surface area contributed by atoms with Crippen molar-refractivity contribution >= 4 is 24.2 Å². The fourth-order valence-corrected chi connectivity index (χ4v) is 1.85. The maximum Gasteiger partial charge on any atom is 0.0490 e. The highest BCUT2D eigenvalue weighted by Gasteiger charge is 1.92. The van der Waals surface area contributed by atoms with Gasteiger partial charge in [-0.2, -0.15) is 16.9 Å². The molecule has 0 fully saturated rings. The number of nitrogens with one attached hydrogen (secondary N) is 2. The van der Waals surface area contributed by atoms with Gasteiger partial charge in [0, 0.05) is 37.3 Å². The van der Waals surface area contributed by atoms with Crippen LogP contribution in [0.15, 0.2) is 12.3 Å². The molecule has 0 saturated carbocycles. The minimum absolute atomic E-state index is 0. The average molecular weight is 252 g/mol. The molecule has 0 radical (unpaired) electrons. The number of aliphatic hydroxyl groups is 1. The molecule has 6 heteroatoms. The van der Waals surface area contributed by atoms with Gasteiger partial charge < -0.3 is 10.4 Å². The van der Waals surface area contributed by atoms with Gasteiger partial charge in [-0.15, -0.1) is 12.4 Å². The quantitative estimate of drug-likeness (QED) is 0.604. The first-order valence-electron chi connectivity index (χ1n) is 4.81. The first-order chi connectivity index (χ1) is 6.93. The van der Waals surface area contributed by atoms with E-state index in [9.17, 15) is 0 Å². The maximum absolute atomic E-state index is 8.55. The fourth-order valence-electron chi connectivity index (χ4n) is 1.02. The molecule has 0 aliphatic heterocycles. The van der Waals surface area contributed by atoms with Gasteiger partial charge in [0.25, 0.3) is 0 Å². The van der Waals surface area contributed by atoms with Crippen molar-refractivity contribution in [3.8, 4) is 0 Å². The van der Waals surface area contributed by atoms with Crippen LogP contribution >= 0.6 is 24.2 Å². The summed E-state index contributed by atoms with van der Waals surface area (Å²) in [4.78, 5) is 0. The van der Waals surface area contributed by atoms with Gasteiger partial charge in [-0.25, -0.2) is 0 Å². The van der Waals surface area contributed by atoms with E-state index in [-0.39, 0.29) is 12.4 Å². The summed E-state index contributed by atoms with van der Waals surface area (Å²) < 4.78 is 0. The van der Waals surface area contributed by atoms with Crippen molar-refractivity contribution < 1.29 is 5.11 Å². The van der Waals surface area contributed by atoms with Gasteiger partial charge in [-0.05, 0) is 18.2 Å². The topological polar surface area (TPSA) is 60.9 Å². The van der Waals surface area contributed by atoms with Crippen molar-refractivity contribution in [3.05, 3.63) is 18.0 Å². The molecular weight excluding hydrogens is 234 g/mol. The second-order valence-electron chi connectivity index (χ2n) is 2.95. The minimum Gasteiger partial charge on any atom is -0.396 e. The van der Waals surface area contributed by atoms with Gasteiger partial charge in [0.15, 0.2) is 0 Å². The highest BCUT2D eigenvalue weighted by atomic mass is 35.5. The molecule has 0 aliphatic rings. The standard InChI is InChI=1S/C9H17N3OS.ClH/c13-5-1-6-14-7-4-10-8-9-2-3-11-12-9;/h2-3,10,13H,1,4-8H2,(H,11,12);1H. The fraction of sp³-hybridized carbons (Fsp3) is 0.667. The lowest BCUT2D eigenvalue weighted by molar-refractivity contribution is 0.296. The monoisotopic (exact) mass is 251 g/mol. The third-order valence-electron chi connectivity index (χ3n) is 1.74. The van der Waals surface area contributed by atoms with Crippen molar-refractivity contribution in [2.45, 2.75) is 13.0 Å². The Morgan fingerprint density at radius 1 is 1.47 bits per heavy atom. The molecule has 0 aliphatic carbocycles. The van der Waals surface area contributed by atoms with Crippen LogP contribution in [0, 0.1) is 0 Å². The number of aliphatic hydroxyl groups excluding tert-OH is 1. The van der Waals surface area contributed by atoms with E-state index < -0.39 is 0 Å². The van der Waals surface area contributed by atoms with Crippen LogP contribution in [0.25, 0.3) is 0 Å². The number of aromatic amines is 1. The number of hydrogen-bond donors (Lipinski definition) is 3. The lowest BCUT2D eigenvalue weighted by Crippen LogP contribution is -2.17. The Bertz CT molecular complexity index is 221. The summed E-state index contributed by atoms with van der Waals surface area (Å²) in [7, 11) is 0. The smallest absolute Gasteiger partial charge is 0.0490 e. The number of rotatable bonds is 8. The largest absolute Gasteiger partial charge is 0.396 e. The summed E-state index contributed by atoms with van der Waals surface area (Å²) in [6, 6.07) is 1.96. The molecule has 0 bridgehead atoms. The molecule has 88 valence electrons. The summed E-state index contributed by atoms with van der Waals surface area (Å²) in [6.45, 7) is 2.14. The summed E-state index contributed by atoms with van der Waals surface area (Å²) in [5.74, 6) is 2.14. The zero-order chi connectivity index (χ0) is 10.1. The zero-order valence-electron chi connectivity index (χ0n) is 8.61. The van der Waals surface area contributed by atoms with Crippen LogP contribution in [0.3, 0.4) is 0 Å². The van der Waals surface area contributed by atoms with Gasteiger partial charge in [0.2, 0.25) is 0 Å². The van der Waals surface area contributed by atoms with E-state index in [4.69, 9.17) is 5.11 Å². The Hall–Kier alpha value is -0.230. The first kappa shape index (κ1) is 14.8. The number of hydrogen-bond acceptors (Lipinski definition) is 4. The van der Waals surface area contributed by atoms with E-state index in [1.54, 1.807) is 6.20 Å². The molecule has 0 spiro atoms. The van der Waals surface area contributed by atoms with Crippen LogP contribution in [-0.2, 0) is 6.54 Å². The predicted octanol–water partition coefficient (Wildman–Crippen LogP) is 1.04. The summed E-state index contributed by atoms with van der Waals surface area (Å²) in [5.41, 5.74) is 1.12. The van der Waals surface area contributed by atoms with Crippen LogP contribution in [0.5, 0.6) is 0 Å². The van der Waals surface area contributed by atoms with E-state index in [2.05, 4.69) is 15.5 Å². The number of thioether (sulfide) groups is 1. The molecule has 1 heterocycles. The minimum atomic E-state index is 0. The van der Waals surface area contributed by atoms with E-state index in [1.165, 1.54) is 0 Å². The lowest BCUT2D eigenvalue weighted by atomic mass is 10.4. The van der Waals surface area contributed by atoms with Gasteiger partial charge in [-0.3, -0.25) is 5.10 Å². The Labute approximate surface area is 101 Å². The number of halogens is 1. The molecule has 0 amide bonds. The molecular formula is C9H18ClN3OS. The summed E-state index contributed by atoms with van der Waals surface area (Å²) in [5, 5.41) is 18.6.